The van der Waals surface area contributed by atoms with Crippen molar-refractivity contribution in [3.8, 4) is 0 Å². The maximum Gasteiger partial charge on any atom is 0.321 e. The third-order valence-corrected chi connectivity index (χ3v) is 5.00. The van der Waals surface area contributed by atoms with E-state index in [1.165, 1.54) is 24.9 Å². The number of hydrogen-bond donors (Lipinski definition) is 2. The number of aliphatic hydroxyl groups excluding tert-OH is 1. The molecule has 1 aromatic rings. The molecule has 3 rings (SSSR count). The van der Waals surface area contributed by atoms with Crippen molar-refractivity contribution >= 4 is 17.4 Å². The van der Waals surface area contributed by atoms with Gasteiger partial charge in [-0.15, -0.1) is 0 Å². The number of nitrogens with zero attached hydrogens (tertiary/aromatic N) is 2. The van der Waals surface area contributed by atoms with Crippen molar-refractivity contribution in [3.63, 3.8) is 0 Å². The van der Waals surface area contributed by atoms with Crippen LogP contribution in [0.1, 0.15) is 32.1 Å². The molecule has 2 aliphatic heterocycles. The van der Waals surface area contributed by atoms with E-state index < -0.39 is 0 Å². The second-order valence-electron chi connectivity index (χ2n) is 6.64. The standard InChI is InChI=1S/C18H27N3O2/c22-14-15-8-12-21(13-9-15)18(23)19-16-4-6-17(7-5-16)20-10-2-1-3-11-20/h4-7,15,22H,1-3,8-14H2,(H,19,23). The van der Waals surface area contributed by atoms with Gasteiger partial charge in [-0.2, -0.15) is 0 Å². The monoisotopic (exact) mass is 317 g/mol. The van der Waals surface area contributed by atoms with Crippen molar-refractivity contribution in [2.75, 3.05) is 43.0 Å². The number of amides is 2. The zero-order valence-electron chi connectivity index (χ0n) is 13.7. The molecule has 126 valence electrons. The molecule has 0 unspecified atom stereocenters. The number of carbonyl (C=O) groups excluding carboxylic acids is 1. The van der Waals surface area contributed by atoms with Gasteiger partial charge in [0.05, 0.1) is 0 Å². The first-order valence-corrected chi connectivity index (χ1v) is 8.78. The maximum atomic E-state index is 12.3. The normalized spacial score (nSPS) is 19.7. The summed E-state index contributed by atoms with van der Waals surface area (Å²) in [5.74, 6) is 0.350. The Morgan fingerprint density at radius 1 is 1.04 bits per heavy atom. The second-order valence-corrected chi connectivity index (χ2v) is 6.64. The van der Waals surface area contributed by atoms with Gasteiger partial charge < -0.3 is 20.2 Å². The van der Waals surface area contributed by atoms with Gasteiger partial charge in [-0.05, 0) is 62.3 Å². The van der Waals surface area contributed by atoms with E-state index in [1.807, 2.05) is 17.0 Å². The van der Waals surface area contributed by atoms with Gasteiger partial charge in [0.15, 0.2) is 0 Å². The Hall–Kier alpha value is -1.75. The molecule has 1 aromatic carbocycles. The van der Waals surface area contributed by atoms with Crippen molar-refractivity contribution in [2.45, 2.75) is 32.1 Å². The summed E-state index contributed by atoms with van der Waals surface area (Å²) in [6.45, 7) is 3.94. The molecule has 2 fully saturated rings. The number of likely N-dealkylation sites (tertiary alicyclic amines) is 1. The lowest BCUT2D eigenvalue weighted by atomic mass is 9.98. The Bertz CT molecular complexity index is 504. The minimum atomic E-state index is -0.0351. The van der Waals surface area contributed by atoms with Gasteiger partial charge >= 0.3 is 6.03 Å². The Labute approximate surface area is 138 Å². The summed E-state index contributed by atoms with van der Waals surface area (Å²) >= 11 is 0. The van der Waals surface area contributed by atoms with Crippen LogP contribution in [0.3, 0.4) is 0 Å². The van der Waals surface area contributed by atoms with Gasteiger partial charge in [-0.3, -0.25) is 0 Å². The molecular formula is C18H27N3O2. The molecule has 2 amide bonds. The molecule has 5 nitrogen and oxygen atoms in total. The molecule has 2 heterocycles. The fraction of sp³-hybridized carbons (Fsp3) is 0.611. The fourth-order valence-electron chi connectivity index (χ4n) is 3.43. The number of nitrogens with one attached hydrogen (secondary N) is 1. The van der Waals surface area contributed by atoms with Gasteiger partial charge in [-0.1, -0.05) is 0 Å². The highest BCUT2D eigenvalue weighted by molar-refractivity contribution is 5.89. The van der Waals surface area contributed by atoms with E-state index in [0.29, 0.717) is 5.92 Å². The molecule has 5 heteroatoms. The summed E-state index contributed by atoms with van der Waals surface area (Å²) in [6, 6.07) is 8.13. The van der Waals surface area contributed by atoms with Crippen LogP contribution in [-0.2, 0) is 0 Å². The lowest BCUT2D eigenvalue weighted by Gasteiger charge is -2.31. The average Bonchev–Trinajstić information content (AvgIpc) is 2.63. The summed E-state index contributed by atoms with van der Waals surface area (Å²) in [5.41, 5.74) is 2.09. The molecule has 23 heavy (non-hydrogen) atoms. The number of benzene rings is 1. The van der Waals surface area contributed by atoms with E-state index in [1.54, 1.807) is 0 Å². The van der Waals surface area contributed by atoms with Crippen molar-refractivity contribution in [1.82, 2.24) is 4.90 Å². The van der Waals surface area contributed by atoms with Crippen molar-refractivity contribution in [3.05, 3.63) is 24.3 Å². The first kappa shape index (κ1) is 16.1. The van der Waals surface area contributed by atoms with E-state index in [9.17, 15) is 4.79 Å². The first-order chi connectivity index (χ1) is 11.3. The highest BCUT2D eigenvalue weighted by atomic mass is 16.3. The van der Waals surface area contributed by atoms with Crippen LogP contribution in [0.2, 0.25) is 0 Å². The number of piperidine rings is 2. The summed E-state index contributed by atoms with van der Waals surface area (Å²) < 4.78 is 0. The smallest absolute Gasteiger partial charge is 0.321 e. The highest BCUT2D eigenvalue weighted by Gasteiger charge is 2.22. The summed E-state index contributed by atoms with van der Waals surface area (Å²) in [5, 5.41) is 12.1. The summed E-state index contributed by atoms with van der Waals surface area (Å²) in [7, 11) is 0. The number of urea groups is 1. The van der Waals surface area contributed by atoms with E-state index in [-0.39, 0.29) is 12.6 Å². The summed E-state index contributed by atoms with van der Waals surface area (Å²) in [6.07, 6.45) is 5.64. The fourth-order valence-corrected chi connectivity index (χ4v) is 3.43. The molecule has 0 spiro atoms. The number of aliphatic hydroxyl groups is 1. The predicted octanol–water partition coefficient (Wildman–Crippen LogP) is 2.91. The van der Waals surface area contributed by atoms with Gasteiger partial charge in [0.25, 0.3) is 0 Å². The summed E-state index contributed by atoms with van der Waals surface area (Å²) in [4.78, 5) is 16.5. The van der Waals surface area contributed by atoms with Crippen LogP contribution >= 0.6 is 0 Å². The zero-order chi connectivity index (χ0) is 16.1. The molecule has 2 saturated heterocycles. The Morgan fingerprint density at radius 2 is 1.70 bits per heavy atom. The lowest BCUT2D eigenvalue weighted by Crippen LogP contribution is -2.41. The van der Waals surface area contributed by atoms with Crippen LogP contribution in [0.5, 0.6) is 0 Å². The Balaban J connectivity index is 1.52. The van der Waals surface area contributed by atoms with Crippen molar-refractivity contribution < 1.29 is 9.90 Å². The molecular weight excluding hydrogens is 290 g/mol. The predicted molar refractivity (Wildman–Crippen MR) is 92.9 cm³/mol. The molecule has 0 aliphatic carbocycles. The Morgan fingerprint density at radius 3 is 2.30 bits per heavy atom. The molecule has 0 atom stereocenters. The van der Waals surface area contributed by atoms with Crippen molar-refractivity contribution in [1.29, 1.82) is 0 Å². The van der Waals surface area contributed by atoms with Crippen LogP contribution in [0.25, 0.3) is 0 Å². The lowest BCUT2D eigenvalue weighted by molar-refractivity contribution is 0.143. The topological polar surface area (TPSA) is 55.8 Å². The van der Waals surface area contributed by atoms with Crippen LogP contribution in [0.4, 0.5) is 16.2 Å². The molecule has 0 bridgehead atoms. The second kappa shape index (κ2) is 7.68. The third-order valence-electron chi connectivity index (χ3n) is 5.00. The molecule has 2 N–H and O–H groups in total. The molecule has 0 radical (unpaired) electrons. The van der Waals surface area contributed by atoms with Gasteiger partial charge in [0.1, 0.15) is 0 Å². The van der Waals surface area contributed by atoms with Crippen molar-refractivity contribution in [2.24, 2.45) is 5.92 Å². The number of anilines is 2. The maximum absolute atomic E-state index is 12.3. The first-order valence-electron chi connectivity index (χ1n) is 8.78. The average molecular weight is 317 g/mol. The highest BCUT2D eigenvalue weighted by Crippen LogP contribution is 2.22. The van der Waals surface area contributed by atoms with E-state index in [4.69, 9.17) is 5.11 Å². The van der Waals surface area contributed by atoms with Crippen LogP contribution in [0, 0.1) is 5.92 Å². The number of carbonyl (C=O) groups is 1. The van der Waals surface area contributed by atoms with Crippen LogP contribution in [-0.4, -0.2) is 48.8 Å². The quantitative estimate of drug-likeness (QED) is 0.901. The van der Waals surface area contributed by atoms with Crippen LogP contribution < -0.4 is 10.2 Å². The van der Waals surface area contributed by atoms with Gasteiger partial charge in [0, 0.05) is 44.2 Å². The Kier molecular flexibility index (Phi) is 5.39. The number of hydrogen-bond acceptors (Lipinski definition) is 3. The van der Waals surface area contributed by atoms with Crippen LogP contribution in [0.15, 0.2) is 24.3 Å². The number of rotatable bonds is 3. The minimum Gasteiger partial charge on any atom is -0.396 e. The van der Waals surface area contributed by atoms with E-state index in [0.717, 1.165) is 44.7 Å². The minimum absolute atomic E-state index is 0.0351. The zero-order valence-corrected chi connectivity index (χ0v) is 13.7. The molecule has 2 aliphatic rings. The SMILES string of the molecule is O=C(Nc1ccc(N2CCCCC2)cc1)N1CCC(CO)CC1. The third kappa shape index (κ3) is 4.16. The van der Waals surface area contributed by atoms with Gasteiger partial charge in [-0.25, -0.2) is 4.79 Å². The van der Waals surface area contributed by atoms with E-state index in [2.05, 4.69) is 22.3 Å². The molecule has 0 aromatic heterocycles. The largest absolute Gasteiger partial charge is 0.396 e. The van der Waals surface area contributed by atoms with E-state index >= 15 is 0 Å². The molecule has 0 saturated carbocycles. The van der Waals surface area contributed by atoms with Gasteiger partial charge in [0.2, 0.25) is 0 Å².